The Morgan fingerprint density at radius 3 is 2.40 bits per heavy atom. The topological polar surface area (TPSA) is 99.1 Å². The summed E-state index contributed by atoms with van der Waals surface area (Å²) in [7, 11) is 0. The van der Waals surface area contributed by atoms with Gasteiger partial charge in [-0.25, -0.2) is 4.98 Å². The van der Waals surface area contributed by atoms with Gasteiger partial charge >= 0.3 is 0 Å². The van der Waals surface area contributed by atoms with E-state index >= 15 is 0 Å². The molecule has 182 valence electrons. The summed E-state index contributed by atoms with van der Waals surface area (Å²) >= 11 is 0. The van der Waals surface area contributed by atoms with Gasteiger partial charge in [0, 0.05) is 35.1 Å². The molecule has 1 fully saturated rings. The summed E-state index contributed by atoms with van der Waals surface area (Å²) in [5.41, 5.74) is 12.2. The average molecular weight is 470 g/mol. The molecule has 1 aromatic carbocycles. The number of aliphatic hydroxyl groups is 1. The van der Waals surface area contributed by atoms with Gasteiger partial charge in [0.25, 0.3) is 0 Å². The highest BCUT2D eigenvalue weighted by Crippen LogP contribution is 2.31. The van der Waals surface area contributed by atoms with Crippen molar-refractivity contribution in [1.82, 2.24) is 14.9 Å². The molecule has 0 amide bonds. The lowest BCUT2D eigenvalue weighted by molar-refractivity contribution is 0.0782. The Balaban J connectivity index is 1.39. The molecule has 1 aliphatic heterocycles. The predicted molar refractivity (Wildman–Crippen MR) is 141 cm³/mol. The quantitative estimate of drug-likeness (QED) is 0.371. The summed E-state index contributed by atoms with van der Waals surface area (Å²) < 4.78 is 0. The predicted octanol–water partition coefficient (Wildman–Crippen LogP) is 4.71. The van der Waals surface area contributed by atoms with E-state index in [1.165, 1.54) is 49.9 Å². The molecule has 1 unspecified atom stereocenters. The summed E-state index contributed by atoms with van der Waals surface area (Å²) in [4.78, 5) is 11.5. The Labute approximate surface area is 207 Å². The fraction of sp³-hybridized carbons (Fsp3) is 0.414. The number of anilines is 1. The van der Waals surface area contributed by atoms with Crippen LogP contribution in [0.25, 0.3) is 11.1 Å². The van der Waals surface area contributed by atoms with Crippen molar-refractivity contribution in [3.63, 3.8) is 0 Å². The minimum absolute atomic E-state index is 0.224. The van der Waals surface area contributed by atoms with Crippen molar-refractivity contribution in [3.8, 4) is 11.1 Å². The van der Waals surface area contributed by atoms with Gasteiger partial charge in [0.2, 0.25) is 0 Å². The lowest BCUT2D eigenvalue weighted by Crippen LogP contribution is -2.32. The van der Waals surface area contributed by atoms with Crippen LogP contribution in [0.15, 0.2) is 48.8 Å². The molecule has 0 bridgehead atoms. The summed E-state index contributed by atoms with van der Waals surface area (Å²) in [5.74, 6) is 0.315. The second-order valence-electron chi connectivity index (χ2n) is 10.5. The number of nitrogen functional groups attached to an aromatic ring is 1. The van der Waals surface area contributed by atoms with Gasteiger partial charge in [0.05, 0.1) is 17.0 Å². The highest BCUT2D eigenvalue weighted by atomic mass is 16.3. The number of aromatic nitrogens is 2. The molecule has 4 N–H and O–H groups in total. The lowest BCUT2D eigenvalue weighted by Gasteiger charge is -2.26. The standard InChI is InChI=1S/C29H35N5O/c1-29(2,35)23-9-12-26(32-18-23)27(30)25-16-22(17-33-28(25)31)21-6-5-19-7-10-24(11-8-20(19)15-21)34-13-3-4-14-34/h5-6,9,12,15-18,24,30,35H,3-4,7-8,10-11,13-14H2,1-2H3,(H2,31,33). The molecule has 3 aromatic rings. The molecule has 0 spiro atoms. The first-order valence-electron chi connectivity index (χ1n) is 12.7. The number of hydrogen-bond donors (Lipinski definition) is 3. The van der Waals surface area contributed by atoms with Gasteiger partial charge in [-0.2, -0.15) is 0 Å². The lowest BCUT2D eigenvalue weighted by atomic mass is 9.95. The number of nitrogens with zero attached hydrogens (tertiary/aromatic N) is 3. The third kappa shape index (κ3) is 5.00. The molecule has 2 aromatic heterocycles. The van der Waals surface area contributed by atoms with Gasteiger partial charge in [0.15, 0.2) is 0 Å². The van der Waals surface area contributed by atoms with Gasteiger partial charge in [0.1, 0.15) is 5.82 Å². The number of pyridine rings is 2. The fourth-order valence-electron chi connectivity index (χ4n) is 5.42. The minimum Gasteiger partial charge on any atom is -0.386 e. The van der Waals surface area contributed by atoms with Gasteiger partial charge in [-0.1, -0.05) is 24.3 Å². The Bertz CT molecular complexity index is 1220. The largest absolute Gasteiger partial charge is 0.386 e. The van der Waals surface area contributed by atoms with Crippen molar-refractivity contribution in [3.05, 3.63) is 76.7 Å². The Morgan fingerprint density at radius 2 is 1.71 bits per heavy atom. The van der Waals surface area contributed by atoms with Crippen LogP contribution in [-0.2, 0) is 18.4 Å². The van der Waals surface area contributed by atoms with E-state index in [0.29, 0.717) is 28.7 Å². The summed E-state index contributed by atoms with van der Waals surface area (Å²) in [6, 6.07) is 12.9. The Kier molecular flexibility index (Phi) is 6.43. The fourth-order valence-corrected chi connectivity index (χ4v) is 5.42. The normalized spacial score (nSPS) is 18.8. The molecule has 1 atom stereocenters. The van der Waals surface area contributed by atoms with E-state index in [0.717, 1.165) is 24.0 Å². The number of rotatable bonds is 5. The first-order valence-corrected chi connectivity index (χ1v) is 12.7. The zero-order chi connectivity index (χ0) is 24.6. The van der Waals surface area contributed by atoms with E-state index in [1.54, 1.807) is 38.4 Å². The molecule has 35 heavy (non-hydrogen) atoms. The molecule has 0 saturated carbocycles. The van der Waals surface area contributed by atoms with Crippen LogP contribution in [-0.4, -0.2) is 44.8 Å². The highest BCUT2D eigenvalue weighted by molar-refractivity contribution is 6.12. The average Bonchev–Trinajstić information content (AvgIpc) is 3.30. The maximum Gasteiger partial charge on any atom is 0.132 e. The van der Waals surface area contributed by atoms with Gasteiger partial charge < -0.3 is 15.7 Å². The first kappa shape index (κ1) is 23.6. The van der Waals surface area contributed by atoms with Crippen molar-refractivity contribution in [1.29, 1.82) is 5.41 Å². The number of benzene rings is 1. The maximum absolute atomic E-state index is 10.2. The monoisotopic (exact) mass is 469 g/mol. The number of likely N-dealkylation sites (tertiary alicyclic amines) is 1. The maximum atomic E-state index is 10.2. The molecule has 1 aliphatic carbocycles. The van der Waals surface area contributed by atoms with Crippen LogP contribution in [0.2, 0.25) is 0 Å². The minimum atomic E-state index is -0.978. The molecule has 5 rings (SSSR count). The summed E-state index contributed by atoms with van der Waals surface area (Å²) in [6.45, 7) is 5.95. The second kappa shape index (κ2) is 9.51. The Hall–Kier alpha value is -3.09. The molecular formula is C29H35N5O. The second-order valence-corrected chi connectivity index (χ2v) is 10.5. The van der Waals surface area contributed by atoms with E-state index < -0.39 is 5.60 Å². The number of fused-ring (bicyclic) bond motifs is 1. The van der Waals surface area contributed by atoms with E-state index in [9.17, 15) is 5.11 Å². The Morgan fingerprint density at radius 1 is 0.971 bits per heavy atom. The van der Waals surface area contributed by atoms with Crippen LogP contribution >= 0.6 is 0 Å². The van der Waals surface area contributed by atoms with Crippen LogP contribution in [0.5, 0.6) is 0 Å². The van der Waals surface area contributed by atoms with Crippen molar-refractivity contribution in [2.24, 2.45) is 0 Å². The smallest absolute Gasteiger partial charge is 0.132 e. The van der Waals surface area contributed by atoms with E-state index in [4.69, 9.17) is 11.1 Å². The summed E-state index contributed by atoms with van der Waals surface area (Å²) in [5, 5.41) is 18.9. The zero-order valence-electron chi connectivity index (χ0n) is 20.7. The molecule has 6 heteroatoms. The van der Waals surface area contributed by atoms with Crippen molar-refractivity contribution < 1.29 is 5.11 Å². The van der Waals surface area contributed by atoms with Crippen LogP contribution in [0.4, 0.5) is 5.82 Å². The molecule has 0 radical (unpaired) electrons. The van der Waals surface area contributed by atoms with Crippen LogP contribution in [0.3, 0.4) is 0 Å². The number of hydrogen-bond acceptors (Lipinski definition) is 6. The van der Waals surface area contributed by atoms with Gasteiger partial charge in [-0.3, -0.25) is 10.4 Å². The molecule has 3 heterocycles. The first-order chi connectivity index (χ1) is 16.8. The van der Waals surface area contributed by atoms with Gasteiger partial charge in [-0.05, 0) is 94.3 Å². The van der Waals surface area contributed by atoms with Crippen molar-refractivity contribution in [2.45, 2.75) is 64.0 Å². The molecule has 6 nitrogen and oxygen atoms in total. The number of nitrogens with one attached hydrogen (secondary N) is 1. The van der Waals surface area contributed by atoms with Gasteiger partial charge in [-0.15, -0.1) is 0 Å². The third-order valence-corrected chi connectivity index (χ3v) is 7.60. The SMILES string of the molecule is CC(C)(O)c1ccc(C(=N)c2cc(-c3ccc4c(c3)CCC(N3CCCC3)CC4)cnc2N)nc1. The molecule has 1 saturated heterocycles. The van der Waals surface area contributed by atoms with E-state index in [2.05, 4.69) is 33.1 Å². The molecular weight excluding hydrogens is 434 g/mol. The van der Waals surface area contributed by atoms with Crippen LogP contribution in [0, 0.1) is 5.41 Å². The van der Waals surface area contributed by atoms with E-state index in [-0.39, 0.29) is 5.71 Å². The number of nitrogens with two attached hydrogens (primary N) is 1. The number of aryl methyl sites for hydroxylation is 2. The third-order valence-electron chi connectivity index (χ3n) is 7.60. The molecule has 2 aliphatic rings. The summed E-state index contributed by atoms with van der Waals surface area (Å²) in [6.07, 6.45) is 10.8. The van der Waals surface area contributed by atoms with Crippen molar-refractivity contribution in [2.75, 3.05) is 18.8 Å². The van der Waals surface area contributed by atoms with E-state index in [1.807, 2.05) is 6.07 Å². The van der Waals surface area contributed by atoms with Crippen LogP contribution in [0.1, 0.15) is 67.5 Å². The van der Waals surface area contributed by atoms with Crippen LogP contribution < -0.4 is 5.73 Å². The zero-order valence-corrected chi connectivity index (χ0v) is 20.7. The van der Waals surface area contributed by atoms with Crippen molar-refractivity contribution >= 4 is 11.5 Å². The highest BCUT2D eigenvalue weighted by Gasteiger charge is 2.24.